The fourth-order valence-corrected chi connectivity index (χ4v) is 3.62. The second kappa shape index (κ2) is 8.29. The Labute approximate surface area is 162 Å². The average molecular weight is 428 g/mol. The SMILES string of the molecule is COc1ccc(Br)cc1C[C@H](C(=O)O)[C@H]1CCN(C(=O)OC(C)(C)C)C1. The summed E-state index contributed by atoms with van der Waals surface area (Å²) in [5, 5.41) is 9.75. The summed E-state index contributed by atoms with van der Waals surface area (Å²) >= 11 is 3.42. The fraction of sp³-hybridized carbons (Fsp3) is 0.579. The van der Waals surface area contributed by atoms with Crippen LogP contribution >= 0.6 is 15.9 Å². The van der Waals surface area contributed by atoms with E-state index >= 15 is 0 Å². The number of hydrogen-bond acceptors (Lipinski definition) is 4. The summed E-state index contributed by atoms with van der Waals surface area (Å²) in [5.41, 5.74) is 0.274. The van der Waals surface area contributed by atoms with Crippen LogP contribution < -0.4 is 4.74 Å². The molecule has 1 saturated heterocycles. The zero-order valence-corrected chi connectivity index (χ0v) is 17.2. The molecule has 1 aromatic rings. The lowest BCUT2D eigenvalue weighted by molar-refractivity contribution is -0.143. The Balaban J connectivity index is 2.11. The normalized spacial score (nSPS) is 18.5. The topological polar surface area (TPSA) is 76.1 Å². The van der Waals surface area contributed by atoms with Crippen molar-refractivity contribution >= 4 is 28.0 Å². The number of ether oxygens (including phenoxy) is 2. The highest BCUT2D eigenvalue weighted by molar-refractivity contribution is 9.10. The number of amides is 1. The van der Waals surface area contributed by atoms with Gasteiger partial charge in [-0.2, -0.15) is 0 Å². The number of benzene rings is 1. The van der Waals surface area contributed by atoms with E-state index in [1.807, 2.05) is 39.0 Å². The largest absolute Gasteiger partial charge is 0.496 e. The second-order valence-electron chi connectivity index (χ2n) is 7.58. The van der Waals surface area contributed by atoms with E-state index in [4.69, 9.17) is 9.47 Å². The molecule has 0 spiro atoms. The van der Waals surface area contributed by atoms with Crippen LogP contribution in [0.5, 0.6) is 5.75 Å². The van der Waals surface area contributed by atoms with Gasteiger partial charge in [-0.05, 0) is 63.3 Å². The maximum atomic E-state index is 12.2. The molecule has 1 aromatic carbocycles. The molecule has 2 atom stereocenters. The van der Waals surface area contributed by atoms with Crippen LogP contribution in [-0.2, 0) is 16.0 Å². The molecule has 0 bridgehead atoms. The molecule has 1 N–H and O–H groups in total. The van der Waals surface area contributed by atoms with Gasteiger partial charge in [-0.25, -0.2) is 4.79 Å². The summed E-state index contributed by atoms with van der Waals surface area (Å²) in [6.45, 7) is 6.36. The van der Waals surface area contributed by atoms with E-state index < -0.39 is 17.5 Å². The highest BCUT2D eigenvalue weighted by atomic mass is 79.9. The van der Waals surface area contributed by atoms with Crippen LogP contribution in [0.15, 0.2) is 22.7 Å². The summed E-state index contributed by atoms with van der Waals surface area (Å²) in [6, 6.07) is 5.56. The first-order valence-electron chi connectivity index (χ1n) is 8.64. The van der Waals surface area contributed by atoms with Crippen LogP contribution in [0.1, 0.15) is 32.8 Å². The molecule has 2 rings (SSSR count). The van der Waals surface area contributed by atoms with Gasteiger partial charge in [-0.3, -0.25) is 4.79 Å². The first-order chi connectivity index (χ1) is 12.1. The second-order valence-corrected chi connectivity index (χ2v) is 8.50. The molecule has 0 aliphatic carbocycles. The summed E-state index contributed by atoms with van der Waals surface area (Å²) in [6.07, 6.45) is 0.612. The number of carbonyl (C=O) groups excluding carboxylic acids is 1. The van der Waals surface area contributed by atoms with E-state index in [0.717, 1.165) is 10.0 Å². The molecule has 1 aliphatic rings. The van der Waals surface area contributed by atoms with Crippen LogP contribution in [0.25, 0.3) is 0 Å². The van der Waals surface area contributed by atoms with Crippen LogP contribution in [0.2, 0.25) is 0 Å². The van der Waals surface area contributed by atoms with Gasteiger partial charge in [-0.1, -0.05) is 15.9 Å². The molecule has 0 saturated carbocycles. The highest BCUT2D eigenvalue weighted by Gasteiger charge is 2.37. The number of nitrogens with zero attached hydrogens (tertiary/aromatic N) is 1. The first kappa shape index (κ1) is 20.6. The minimum Gasteiger partial charge on any atom is -0.496 e. The number of likely N-dealkylation sites (tertiary alicyclic amines) is 1. The molecule has 0 unspecified atom stereocenters. The van der Waals surface area contributed by atoms with Gasteiger partial charge in [0.05, 0.1) is 13.0 Å². The number of halogens is 1. The monoisotopic (exact) mass is 427 g/mol. The molecule has 0 aromatic heterocycles. The number of aliphatic carboxylic acids is 1. The Bertz CT molecular complexity index is 670. The quantitative estimate of drug-likeness (QED) is 0.769. The molecule has 1 fully saturated rings. The van der Waals surface area contributed by atoms with Gasteiger partial charge < -0.3 is 19.5 Å². The van der Waals surface area contributed by atoms with Crippen molar-refractivity contribution < 1.29 is 24.2 Å². The van der Waals surface area contributed by atoms with Gasteiger partial charge in [0.15, 0.2) is 0 Å². The van der Waals surface area contributed by atoms with Crippen molar-refractivity contribution in [2.75, 3.05) is 20.2 Å². The lowest BCUT2D eigenvalue weighted by Crippen LogP contribution is -2.36. The Morgan fingerprint density at radius 1 is 1.38 bits per heavy atom. The van der Waals surface area contributed by atoms with Gasteiger partial charge in [0, 0.05) is 17.6 Å². The molecule has 1 amide bonds. The van der Waals surface area contributed by atoms with Crippen LogP contribution in [0.4, 0.5) is 4.79 Å². The number of carboxylic acid groups (broad SMARTS) is 1. The molecule has 144 valence electrons. The number of methoxy groups -OCH3 is 1. The zero-order chi connectivity index (χ0) is 19.5. The van der Waals surface area contributed by atoms with E-state index in [-0.39, 0.29) is 12.0 Å². The van der Waals surface area contributed by atoms with E-state index in [1.54, 1.807) is 12.0 Å². The number of carboxylic acids is 1. The third-order valence-corrected chi connectivity index (χ3v) is 4.94. The van der Waals surface area contributed by atoms with Crippen molar-refractivity contribution in [2.24, 2.45) is 11.8 Å². The van der Waals surface area contributed by atoms with Crippen LogP contribution in [-0.4, -0.2) is 47.9 Å². The van der Waals surface area contributed by atoms with Crippen molar-refractivity contribution in [3.05, 3.63) is 28.2 Å². The maximum absolute atomic E-state index is 12.2. The minimum absolute atomic E-state index is 0.122. The third kappa shape index (κ3) is 5.37. The average Bonchev–Trinajstić information content (AvgIpc) is 3.00. The van der Waals surface area contributed by atoms with E-state index in [2.05, 4.69) is 15.9 Å². The van der Waals surface area contributed by atoms with Gasteiger partial charge in [0.25, 0.3) is 0 Å². The van der Waals surface area contributed by atoms with E-state index in [9.17, 15) is 14.7 Å². The third-order valence-electron chi connectivity index (χ3n) is 4.44. The Kier molecular flexibility index (Phi) is 6.55. The van der Waals surface area contributed by atoms with Crippen molar-refractivity contribution in [3.8, 4) is 5.75 Å². The predicted molar refractivity (Wildman–Crippen MR) is 101 cm³/mol. The fourth-order valence-electron chi connectivity index (χ4n) is 3.21. The number of rotatable bonds is 5. The number of carbonyl (C=O) groups is 2. The maximum Gasteiger partial charge on any atom is 0.410 e. The summed E-state index contributed by atoms with van der Waals surface area (Å²) < 4.78 is 11.6. The molecule has 7 heteroatoms. The van der Waals surface area contributed by atoms with E-state index in [0.29, 0.717) is 31.7 Å². The van der Waals surface area contributed by atoms with Crippen molar-refractivity contribution in [2.45, 2.75) is 39.2 Å². The van der Waals surface area contributed by atoms with Gasteiger partial charge >= 0.3 is 12.1 Å². The Hall–Kier alpha value is -1.76. The summed E-state index contributed by atoms with van der Waals surface area (Å²) in [4.78, 5) is 25.7. The summed E-state index contributed by atoms with van der Waals surface area (Å²) in [7, 11) is 1.57. The molecule has 1 aliphatic heterocycles. The lowest BCUT2D eigenvalue weighted by Gasteiger charge is -2.25. The van der Waals surface area contributed by atoms with Crippen LogP contribution in [0.3, 0.4) is 0 Å². The Morgan fingerprint density at radius 3 is 2.65 bits per heavy atom. The highest BCUT2D eigenvalue weighted by Crippen LogP contribution is 2.32. The van der Waals surface area contributed by atoms with Gasteiger partial charge in [0.2, 0.25) is 0 Å². The molecular weight excluding hydrogens is 402 g/mol. The van der Waals surface area contributed by atoms with Crippen molar-refractivity contribution in [3.63, 3.8) is 0 Å². The molecule has 1 heterocycles. The lowest BCUT2D eigenvalue weighted by atomic mass is 9.86. The van der Waals surface area contributed by atoms with E-state index in [1.165, 1.54) is 0 Å². The molecular formula is C19H26BrNO5. The summed E-state index contributed by atoms with van der Waals surface area (Å²) in [5.74, 6) is -0.904. The van der Waals surface area contributed by atoms with Crippen molar-refractivity contribution in [1.29, 1.82) is 0 Å². The Morgan fingerprint density at radius 2 is 2.08 bits per heavy atom. The molecule has 26 heavy (non-hydrogen) atoms. The van der Waals surface area contributed by atoms with Crippen molar-refractivity contribution in [1.82, 2.24) is 4.90 Å². The number of hydrogen-bond donors (Lipinski definition) is 1. The first-order valence-corrected chi connectivity index (χ1v) is 9.43. The minimum atomic E-state index is -0.858. The van der Waals surface area contributed by atoms with Gasteiger partial charge in [0.1, 0.15) is 11.4 Å². The standard InChI is InChI=1S/C19H26BrNO5/c1-19(2,3)26-18(24)21-8-7-12(11-21)15(17(22)23)10-13-9-14(20)5-6-16(13)25-4/h5-6,9,12,15H,7-8,10-11H2,1-4H3,(H,22,23)/t12-,15-/m0/s1. The smallest absolute Gasteiger partial charge is 0.410 e. The molecule has 6 nitrogen and oxygen atoms in total. The molecule has 0 radical (unpaired) electrons. The zero-order valence-electron chi connectivity index (χ0n) is 15.6. The predicted octanol–water partition coefficient (Wildman–Crippen LogP) is 3.96. The van der Waals surface area contributed by atoms with Gasteiger partial charge in [-0.15, -0.1) is 0 Å². The van der Waals surface area contributed by atoms with Crippen LogP contribution in [0, 0.1) is 11.8 Å².